The van der Waals surface area contributed by atoms with Crippen LogP contribution in [0.3, 0.4) is 0 Å². The van der Waals surface area contributed by atoms with Gasteiger partial charge in [-0.3, -0.25) is 0 Å². The van der Waals surface area contributed by atoms with Crippen LogP contribution in [0.15, 0.2) is 28.7 Å². The van der Waals surface area contributed by atoms with Crippen molar-refractivity contribution in [2.45, 2.75) is 30.9 Å². The molecule has 0 atom stereocenters. The maximum Gasteiger partial charge on any atom is 0.298 e. The van der Waals surface area contributed by atoms with Crippen molar-refractivity contribution in [3.8, 4) is 0 Å². The number of oxazole rings is 1. The minimum atomic E-state index is -3.06. The van der Waals surface area contributed by atoms with Crippen LogP contribution in [0.25, 0.3) is 11.1 Å². The normalized spacial score (nSPS) is 20.3. The van der Waals surface area contributed by atoms with E-state index in [0.29, 0.717) is 18.5 Å². The third kappa shape index (κ3) is 3.21. The summed E-state index contributed by atoms with van der Waals surface area (Å²) >= 11 is 0. The lowest BCUT2D eigenvalue weighted by atomic mass is 9.97. The number of hydrogen-bond donors (Lipinski definition) is 1. The third-order valence-corrected chi connectivity index (χ3v) is 6.62. The number of rotatable bonds is 5. The van der Waals surface area contributed by atoms with Crippen molar-refractivity contribution in [1.82, 2.24) is 9.71 Å². The van der Waals surface area contributed by atoms with Crippen LogP contribution in [0.1, 0.15) is 25.7 Å². The van der Waals surface area contributed by atoms with Crippen LogP contribution in [0.2, 0.25) is 0 Å². The molecule has 0 spiro atoms. The van der Waals surface area contributed by atoms with Crippen LogP contribution in [0.5, 0.6) is 0 Å². The SMILES string of the molecule is O=S(=O)(NCC1CCN(c2nc3ccccc3o2)CC1)C1CC1. The number of anilines is 1. The molecule has 2 aromatic rings. The molecular formula is C16H21N3O3S. The van der Waals surface area contributed by atoms with Gasteiger partial charge in [0, 0.05) is 19.6 Å². The second-order valence-corrected chi connectivity index (χ2v) is 8.53. The summed E-state index contributed by atoms with van der Waals surface area (Å²) in [5.74, 6) is 0.393. The summed E-state index contributed by atoms with van der Waals surface area (Å²) in [5, 5.41) is -0.137. The Hall–Kier alpha value is -1.60. The smallest absolute Gasteiger partial charge is 0.298 e. The number of fused-ring (bicyclic) bond motifs is 1. The first-order valence-electron chi connectivity index (χ1n) is 8.21. The van der Waals surface area contributed by atoms with E-state index >= 15 is 0 Å². The molecule has 1 aliphatic carbocycles. The van der Waals surface area contributed by atoms with E-state index in [1.165, 1.54) is 0 Å². The standard InChI is InChI=1S/C16H21N3O3S/c20-23(21,13-5-6-13)17-11-12-7-9-19(10-8-12)16-18-14-3-1-2-4-15(14)22-16/h1-4,12-13,17H,5-11H2. The topological polar surface area (TPSA) is 75.4 Å². The van der Waals surface area contributed by atoms with Crippen LogP contribution in [-0.4, -0.2) is 38.3 Å². The molecule has 2 fully saturated rings. The van der Waals surface area contributed by atoms with E-state index in [9.17, 15) is 8.42 Å². The average molecular weight is 335 g/mol. The second kappa shape index (κ2) is 5.79. The molecule has 124 valence electrons. The highest BCUT2D eigenvalue weighted by atomic mass is 32.2. The van der Waals surface area contributed by atoms with E-state index in [-0.39, 0.29) is 5.25 Å². The minimum Gasteiger partial charge on any atom is -0.423 e. The first-order valence-corrected chi connectivity index (χ1v) is 9.75. The van der Waals surface area contributed by atoms with Gasteiger partial charge in [0.2, 0.25) is 10.0 Å². The van der Waals surface area contributed by atoms with Gasteiger partial charge in [-0.2, -0.15) is 4.98 Å². The van der Waals surface area contributed by atoms with Gasteiger partial charge in [0.15, 0.2) is 5.58 Å². The number of nitrogens with zero attached hydrogens (tertiary/aromatic N) is 2. The molecule has 1 N–H and O–H groups in total. The van der Waals surface area contributed by atoms with Gasteiger partial charge in [0.1, 0.15) is 5.52 Å². The fraction of sp³-hybridized carbons (Fsp3) is 0.562. The molecular weight excluding hydrogens is 314 g/mol. The lowest BCUT2D eigenvalue weighted by Gasteiger charge is -2.30. The predicted molar refractivity (Wildman–Crippen MR) is 88.9 cm³/mol. The van der Waals surface area contributed by atoms with Crippen LogP contribution in [0, 0.1) is 5.92 Å². The molecule has 1 aromatic carbocycles. The first kappa shape index (κ1) is 15.0. The fourth-order valence-corrected chi connectivity index (χ4v) is 4.51. The number of benzene rings is 1. The average Bonchev–Trinajstić information content (AvgIpc) is 3.34. The van der Waals surface area contributed by atoms with Gasteiger partial charge in [0.25, 0.3) is 6.01 Å². The van der Waals surface area contributed by atoms with E-state index in [1.807, 2.05) is 24.3 Å². The summed E-state index contributed by atoms with van der Waals surface area (Å²) in [6.07, 6.45) is 3.52. The van der Waals surface area contributed by atoms with Gasteiger partial charge in [-0.05, 0) is 43.7 Å². The number of para-hydroxylation sites is 2. The molecule has 1 saturated heterocycles. The molecule has 0 amide bonds. The monoisotopic (exact) mass is 335 g/mol. The van der Waals surface area contributed by atoms with Gasteiger partial charge in [-0.1, -0.05) is 12.1 Å². The van der Waals surface area contributed by atoms with Crippen molar-refractivity contribution in [1.29, 1.82) is 0 Å². The van der Waals surface area contributed by atoms with E-state index in [4.69, 9.17) is 4.42 Å². The summed E-state index contributed by atoms with van der Waals surface area (Å²) in [7, 11) is -3.06. The highest BCUT2D eigenvalue weighted by Crippen LogP contribution is 2.29. The van der Waals surface area contributed by atoms with Gasteiger partial charge in [0.05, 0.1) is 5.25 Å². The van der Waals surface area contributed by atoms with Crippen molar-refractivity contribution in [2.24, 2.45) is 5.92 Å². The van der Waals surface area contributed by atoms with Gasteiger partial charge in [-0.25, -0.2) is 13.1 Å². The largest absolute Gasteiger partial charge is 0.423 e. The molecule has 4 rings (SSSR count). The Kier molecular flexibility index (Phi) is 3.77. The molecule has 2 aliphatic rings. The zero-order valence-corrected chi connectivity index (χ0v) is 13.8. The summed E-state index contributed by atoms with van der Waals surface area (Å²) < 4.78 is 32.3. The van der Waals surface area contributed by atoms with Crippen LogP contribution in [0.4, 0.5) is 6.01 Å². The van der Waals surface area contributed by atoms with Crippen molar-refractivity contribution in [2.75, 3.05) is 24.5 Å². The summed E-state index contributed by atoms with van der Waals surface area (Å²) in [6, 6.07) is 8.43. The Bertz CT molecular complexity index is 757. The van der Waals surface area contributed by atoms with Crippen LogP contribution < -0.4 is 9.62 Å². The van der Waals surface area contributed by atoms with E-state index in [2.05, 4.69) is 14.6 Å². The number of sulfonamides is 1. The Morgan fingerprint density at radius 2 is 1.91 bits per heavy atom. The van der Waals surface area contributed by atoms with Crippen LogP contribution in [-0.2, 0) is 10.0 Å². The van der Waals surface area contributed by atoms with Crippen molar-refractivity contribution >= 4 is 27.1 Å². The quantitative estimate of drug-likeness (QED) is 0.906. The minimum absolute atomic E-state index is 0.137. The Morgan fingerprint density at radius 1 is 1.17 bits per heavy atom. The van der Waals surface area contributed by atoms with E-state index < -0.39 is 10.0 Å². The van der Waals surface area contributed by atoms with Crippen LogP contribution >= 0.6 is 0 Å². The van der Waals surface area contributed by atoms with Gasteiger partial charge in [-0.15, -0.1) is 0 Å². The molecule has 2 heterocycles. The second-order valence-electron chi connectivity index (χ2n) is 6.49. The highest BCUT2D eigenvalue weighted by molar-refractivity contribution is 7.90. The van der Waals surface area contributed by atoms with Crippen molar-refractivity contribution in [3.05, 3.63) is 24.3 Å². The highest BCUT2D eigenvalue weighted by Gasteiger charge is 2.36. The Balaban J connectivity index is 1.33. The van der Waals surface area contributed by atoms with E-state index in [0.717, 1.165) is 49.9 Å². The zero-order chi connectivity index (χ0) is 15.9. The summed E-state index contributed by atoms with van der Waals surface area (Å²) in [6.45, 7) is 2.26. The molecule has 23 heavy (non-hydrogen) atoms. The predicted octanol–water partition coefficient (Wildman–Crippen LogP) is 2.13. The van der Waals surface area contributed by atoms with Crippen molar-refractivity contribution < 1.29 is 12.8 Å². The van der Waals surface area contributed by atoms with Gasteiger partial charge >= 0.3 is 0 Å². The maximum atomic E-state index is 11.9. The van der Waals surface area contributed by atoms with E-state index in [1.54, 1.807) is 0 Å². The molecule has 1 aliphatic heterocycles. The number of piperidine rings is 1. The maximum absolute atomic E-state index is 11.9. The zero-order valence-electron chi connectivity index (χ0n) is 12.9. The number of nitrogens with one attached hydrogen (secondary N) is 1. The number of hydrogen-bond acceptors (Lipinski definition) is 5. The summed E-state index contributed by atoms with van der Waals surface area (Å²) in [4.78, 5) is 6.67. The lowest BCUT2D eigenvalue weighted by molar-refractivity contribution is 0.387. The summed E-state index contributed by atoms with van der Waals surface area (Å²) in [5.41, 5.74) is 1.68. The number of aromatic nitrogens is 1. The Labute approximate surface area is 135 Å². The fourth-order valence-electron chi connectivity index (χ4n) is 3.05. The lowest BCUT2D eigenvalue weighted by Crippen LogP contribution is -2.39. The molecule has 7 heteroatoms. The first-order chi connectivity index (χ1) is 11.1. The molecule has 1 saturated carbocycles. The molecule has 1 aromatic heterocycles. The molecule has 0 radical (unpaired) electrons. The van der Waals surface area contributed by atoms with Crippen molar-refractivity contribution in [3.63, 3.8) is 0 Å². The van der Waals surface area contributed by atoms with Gasteiger partial charge < -0.3 is 9.32 Å². The Morgan fingerprint density at radius 3 is 2.61 bits per heavy atom. The molecule has 6 nitrogen and oxygen atoms in total. The molecule has 0 bridgehead atoms. The molecule has 0 unspecified atom stereocenters. The third-order valence-electron chi connectivity index (χ3n) is 4.70.